The molecule has 3 aromatic rings. The molecule has 0 aliphatic carbocycles. The molecular formula is C26H26N4O4. The van der Waals surface area contributed by atoms with Crippen molar-refractivity contribution in [2.24, 2.45) is 5.92 Å². The molecule has 4 N–H and O–H groups in total. The summed E-state index contributed by atoms with van der Waals surface area (Å²) in [5.41, 5.74) is 1.46. The number of urea groups is 2. The van der Waals surface area contributed by atoms with E-state index in [0.29, 0.717) is 0 Å². The van der Waals surface area contributed by atoms with Crippen molar-refractivity contribution < 1.29 is 19.1 Å². The van der Waals surface area contributed by atoms with E-state index >= 15 is 0 Å². The van der Waals surface area contributed by atoms with Crippen LogP contribution in [0.5, 0.6) is 11.5 Å². The third-order valence-electron chi connectivity index (χ3n) is 6.59. The minimum Gasteiger partial charge on any atom is -0.497 e. The van der Waals surface area contributed by atoms with Crippen molar-refractivity contribution in [2.75, 3.05) is 14.2 Å². The lowest BCUT2D eigenvalue weighted by atomic mass is 9.70. The van der Waals surface area contributed by atoms with Crippen molar-refractivity contribution in [2.45, 2.75) is 17.7 Å². The molecule has 5 rings (SSSR count). The molecule has 2 aliphatic heterocycles. The molecule has 2 heterocycles. The van der Waals surface area contributed by atoms with Gasteiger partial charge in [0.2, 0.25) is 0 Å². The zero-order chi connectivity index (χ0) is 23.7. The van der Waals surface area contributed by atoms with E-state index < -0.39 is 17.7 Å². The Labute approximate surface area is 197 Å². The van der Waals surface area contributed by atoms with Crippen molar-refractivity contribution in [3.8, 4) is 11.5 Å². The second-order valence-corrected chi connectivity index (χ2v) is 8.40. The van der Waals surface area contributed by atoms with Crippen LogP contribution in [0, 0.1) is 5.92 Å². The molecule has 0 saturated carbocycles. The van der Waals surface area contributed by atoms with E-state index in [1.54, 1.807) is 14.2 Å². The Balaban J connectivity index is 1.69. The van der Waals surface area contributed by atoms with Gasteiger partial charge in [0, 0.05) is 0 Å². The number of methoxy groups -OCH3 is 2. The summed E-state index contributed by atoms with van der Waals surface area (Å²) in [5, 5.41) is 12.3. The molecule has 2 fully saturated rings. The van der Waals surface area contributed by atoms with Crippen LogP contribution in [0.25, 0.3) is 0 Å². The molecule has 0 aromatic heterocycles. The Hall–Kier alpha value is -4.20. The number of benzene rings is 3. The predicted molar refractivity (Wildman–Crippen MR) is 126 cm³/mol. The fourth-order valence-corrected chi connectivity index (χ4v) is 5.02. The number of carbonyl (C=O) groups is 2. The van der Waals surface area contributed by atoms with Gasteiger partial charge in [0.1, 0.15) is 17.2 Å². The Kier molecular flexibility index (Phi) is 5.49. The van der Waals surface area contributed by atoms with E-state index in [9.17, 15) is 9.59 Å². The number of hydrogen-bond donors (Lipinski definition) is 4. The number of nitrogens with one attached hydrogen (secondary N) is 4. The molecule has 3 aromatic carbocycles. The smallest absolute Gasteiger partial charge is 0.317 e. The maximum absolute atomic E-state index is 13.0. The topological polar surface area (TPSA) is 101 Å². The summed E-state index contributed by atoms with van der Waals surface area (Å²) >= 11 is 0. The third kappa shape index (κ3) is 3.67. The van der Waals surface area contributed by atoms with E-state index in [2.05, 4.69) is 21.3 Å². The first-order valence-electron chi connectivity index (χ1n) is 11.0. The van der Waals surface area contributed by atoms with E-state index in [-0.39, 0.29) is 18.0 Å². The van der Waals surface area contributed by atoms with Gasteiger partial charge in [-0.2, -0.15) is 0 Å². The first kappa shape index (κ1) is 21.6. The number of rotatable bonds is 5. The lowest BCUT2D eigenvalue weighted by Crippen LogP contribution is -2.75. The summed E-state index contributed by atoms with van der Waals surface area (Å²) in [6.45, 7) is 0. The molecule has 2 aliphatic rings. The van der Waals surface area contributed by atoms with Gasteiger partial charge in [0.15, 0.2) is 0 Å². The van der Waals surface area contributed by atoms with Gasteiger partial charge in [-0.05, 0) is 41.0 Å². The Bertz CT molecular complexity index is 1110. The minimum absolute atomic E-state index is 0.327. The molecule has 8 heteroatoms. The fourth-order valence-electron chi connectivity index (χ4n) is 5.02. The quantitative estimate of drug-likeness (QED) is 0.470. The first-order valence-corrected chi connectivity index (χ1v) is 11.0. The molecular weight excluding hydrogens is 432 g/mol. The Morgan fingerprint density at radius 1 is 0.647 bits per heavy atom. The maximum Gasteiger partial charge on any atom is 0.317 e. The first-order chi connectivity index (χ1) is 16.5. The highest BCUT2D eigenvalue weighted by Gasteiger charge is 2.57. The molecule has 0 radical (unpaired) electrons. The summed E-state index contributed by atoms with van der Waals surface area (Å²) < 4.78 is 10.6. The third-order valence-corrected chi connectivity index (χ3v) is 6.59. The van der Waals surface area contributed by atoms with Crippen LogP contribution >= 0.6 is 0 Å². The van der Waals surface area contributed by atoms with Crippen LogP contribution in [0.15, 0.2) is 78.9 Å². The molecule has 34 heavy (non-hydrogen) atoms. The zero-order valence-corrected chi connectivity index (χ0v) is 18.9. The number of amides is 4. The van der Waals surface area contributed by atoms with Crippen LogP contribution in [0.4, 0.5) is 9.59 Å². The molecule has 4 amide bonds. The Morgan fingerprint density at radius 2 is 1.09 bits per heavy atom. The van der Waals surface area contributed by atoms with Crippen molar-refractivity contribution >= 4 is 12.1 Å². The number of fused-ring (bicyclic) bond motifs is 1. The molecule has 174 valence electrons. The second-order valence-electron chi connectivity index (χ2n) is 8.40. The van der Waals surface area contributed by atoms with Crippen LogP contribution in [0.3, 0.4) is 0 Å². The summed E-state index contributed by atoms with van der Waals surface area (Å²) in [4.78, 5) is 26.0. The number of carbonyl (C=O) groups excluding carboxylic acids is 2. The van der Waals surface area contributed by atoms with Gasteiger partial charge >= 0.3 is 12.1 Å². The highest BCUT2D eigenvalue weighted by atomic mass is 16.5. The van der Waals surface area contributed by atoms with Gasteiger partial charge in [0.05, 0.1) is 32.2 Å². The second kappa shape index (κ2) is 8.62. The van der Waals surface area contributed by atoms with Crippen LogP contribution in [-0.4, -0.2) is 26.3 Å². The summed E-state index contributed by atoms with van der Waals surface area (Å²) in [6.07, 6.45) is 0. The summed E-state index contributed by atoms with van der Waals surface area (Å²) in [6, 6.07) is 23.2. The maximum atomic E-state index is 13.0. The van der Waals surface area contributed by atoms with Crippen LogP contribution < -0.4 is 30.7 Å². The van der Waals surface area contributed by atoms with Gasteiger partial charge in [-0.1, -0.05) is 54.6 Å². The van der Waals surface area contributed by atoms with Crippen molar-refractivity contribution in [1.29, 1.82) is 0 Å². The SMILES string of the molecule is COc1ccc([C@H]2NC(=O)NC3(c4ccccc4)NC(=O)N[C@H](c4ccc(OC)cc4)C23)cc1. The fraction of sp³-hybridized carbons (Fsp3) is 0.231. The minimum atomic E-state index is -1.14. The van der Waals surface area contributed by atoms with Gasteiger partial charge in [-0.3, -0.25) is 0 Å². The molecule has 2 atom stereocenters. The van der Waals surface area contributed by atoms with E-state index in [1.807, 2.05) is 78.9 Å². The van der Waals surface area contributed by atoms with Crippen LogP contribution in [0.2, 0.25) is 0 Å². The van der Waals surface area contributed by atoms with Crippen LogP contribution in [0.1, 0.15) is 28.8 Å². The van der Waals surface area contributed by atoms with E-state index in [1.165, 1.54) is 0 Å². The van der Waals surface area contributed by atoms with Gasteiger partial charge in [-0.25, -0.2) is 9.59 Å². The molecule has 0 unspecified atom stereocenters. The predicted octanol–water partition coefficient (Wildman–Crippen LogP) is 3.58. The lowest BCUT2D eigenvalue weighted by Gasteiger charge is -2.54. The van der Waals surface area contributed by atoms with Crippen molar-refractivity contribution in [1.82, 2.24) is 21.3 Å². The van der Waals surface area contributed by atoms with Gasteiger partial charge < -0.3 is 30.7 Å². The monoisotopic (exact) mass is 458 g/mol. The summed E-state index contributed by atoms with van der Waals surface area (Å²) in [7, 11) is 3.23. The van der Waals surface area contributed by atoms with Gasteiger partial charge in [0.25, 0.3) is 0 Å². The van der Waals surface area contributed by atoms with Crippen molar-refractivity contribution in [3.63, 3.8) is 0 Å². The number of hydrogen-bond acceptors (Lipinski definition) is 4. The van der Waals surface area contributed by atoms with Crippen LogP contribution in [-0.2, 0) is 5.66 Å². The highest BCUT2D eigenvalue weighted by Crippen LogP contribution is 2.48. The summed E-state index contributed by atoms with van der Waals surface area (Å²) in [5.74, 6) is 1.12. The van der Waals surface area contributed by atoms with E-state index in [4.69, 9.17) is 9.47 Å². The van der Waals surface area contributed by atoms with E-state index in [0.717, 1.165) is 28.2 Å². The molecule has 0 spiro atoms. The zero-order valence-electron chi connectivity index (χ0n) is 18.9. The van der Waals surface area contributed by atoms with Crippen molar-refractivity contribution in [3.05, 3.63) is 95.6 Å². The lowest BCUT2D eigenvalue weighted by molar-refractivity contribution is 0.0557. The molecule has 0 bridgehead atoms. The molecule has 8 nitrogen and oxygen atoms in total. The molecule has 2 saturated heterocycles. The number of ether oxygens (including phenoxy) is 2. The van der Waals surface area contributed by atoms with Gasteiger partial charge in [-0.15, -0.1) is 0 Å². The Morgan fingerprint density at radius 3 is 1.50 bits per heavy atom. The highest BCUT2D eigenvalue weighted by molar-refractivity contribution is 5.82. The average molecular weight is 459 g/mol. The largest absolute Gasteiger partial charge is 0.497 e. The average Bonchev–Trinajstić information content (AvgIpc) is 2.88. The standard InChI is InChI=1S/C26H26N4O4/c1-33-19-12-8-16(9-13-19)22-21-23(17-10-14-20(34-2)15-11-17)28-25(32)30-26(21,29-24(31)27-22)18-6-4-3-5-7-18/h3-15,21-23H,1-2H3,(H2,27,29,31)(H2,28,30,32)/t21?,22-,23-,26?/m1/s1. The normalized spacial score (nSPS) is 25.6.